The van der Waals surface area contributed by atoms with Crippen LogP contribution < -0.4 is 19.9 Å². The Kier molecular flexibility index (Phi) is 9.79. The SMILES string of the molecule is CCN(CC)c1ncc(N(CC)C(=O)c2occc2C)c(N[C@@H](Cc2ccc(OC(=O)N3C=CCC3)cc2)C(=O)O)n1. The van der Waals surface area contributed by atoms with Crippen molar-refractivity contribution >= 4 is 35.4 Å². The minimum atomic E-state index is -1.10. The number of hydrogen-bond acceptors (Lipinski definition) is 9. The number of carboxylic acid groups (broad SMARTS) is 1. The maximum Gasteiger partial charge on any atom is 0.419 e. The van der Waals surface area contributed by atoms with Crippen LogP contribution in [0.25, 0.3) is 0 Å². The maximum absolute atomic E-state index is 13.4. The highest BCUT2D eigenvalue weighted by molar-refractivity contribution is 6.06. The molecule has 0 saturated heterocycles. The van der Waals surface area contributed by atoms with Gasteiger partial charge in [-0.1, -0.05) is 18.2 Å². The van der Waals surface area contributed by atoms with Gasteiger partial charge < -0.3 is 29.4 Å². The number of carbonyl (C=O) groups is 3. The Bertz CT molecular complexity index is 1430. The van der Waals surface area contributed by atoms with Crippen molar-refractivity contribution in [2.24, 2.45) is 0 Å². The molecule has 0 radical (unpaired) electrons. The lowest BCUT2D eigenvalue weighted by Gasteiger charge is -2.26. The average Bonchev–Trinajstić information content (AvgIpc) is 3.68. The number of amides is 2. The van der Waals surface area contributed by atoms with Gasteiger partial charge in [0.15, 0.2) is 11.6 Å². The maximum atomic E-state index is 13.4. The van der Waals surface area contributed by atoms with Gasteiger partial charge in [-0.2, -0.15) is 4.98 Å². The fourth-order valence-corrected chi connectivity index (χ4v) is 4.56. The number of anilines is 3. The summed E-state index contributed by atoms with van der Waals surface area (Å²) in [4.78, 5) is 52.1. The number of furan rings is 1. The molecule has 0 unspecified atom stereocenters. The molecular formula is C30H36N6O6. The number of carboxylic acids is 1. The number of nitrogens with zero attached hydrogens (tertiary/aromatic N) is 5. The lowest BCUT2D eigenvalue weighted by molar-refractivity contribution is -0.137. The van der Waals surface area contributed by atoms with E-state index < -0.39 is 18.1 Å². The van der Waals surface area contributed by atoms with Crippen molar-refractivity contribution in [1.82, 2.24) is 14.9 Å². The Morgan fingerprint density at radius 1 is 1.12 bits per heavy atom. The van der Waals surface area contributed by atoms with Crippen molar-refractivity contribution in [2.75, 3.05) is 41.3 Å². The summed E-state index contributed by atoms with van der Waals surface area (Å²) in [5, 5.41) is 13.2. The van der Waals surface area contributed by atoms with Gasteiger partial charge in [-0.15, -0.1) is 0 Å². The van der Waals surface area contributed by atoms with Gasteiger partial charge in [-0.25, -0.2) is 14.6 Å². The highest BCUT2D eigenvalue weighted by atomic mass is 16.6. The molecule has 2 aromatic heterocycles. The molecule has 2 amide bonds. The smallest absolute Gasteiger partial charge is 0.419 e. The number of ether oxygens (including phenoxy) is 1. The van der Waals surface area contributed by atoms with Gasteiger partial charge in [-0.05, 0) is 57.9 Å². The molecule has 0 bridgehead atoms. The highest BCUT2D eigenvalue weighted by Crippen LogP contribution is 2.29. The van der Waals surface area contributed by atoms with Crippen molar-refractivity contribution in [3.63, 3.8) is 0 Å². The van der Waals surface area contributed by atoms with E-state index in [1.165, 1.54) is 22.3 Å². The summed E-state index contributed by atoms with van der Waals surface area (Å²) in [5.74, 6) is -0.321. The Hall–Kier alpha value is -4.87. The van der Waals surface area contributed by atoms with Gasteiger partial charge in [0, 0.05) is 44.4 Å². The summed E-state index contributed by atoms with van der Waals surface area (Å²) in [7, 11) is 0. The van der Waals surface area contributed by atoms with E-state index in [1.807, 2.05) is 24.8 Å². The van der Waals surface area contributed by atoms with Crippen LogP contribution in [0.1, 0.15) is 48.9 Å². The molecule has 12 nitrogen and oxygen atoms in total. The Morgan fingerprint density at radius 2 is 1.86 bits per heavy atom. The molecule has 4 rings (SSSR count). The normalized spacial score (nSPS) is 13.1. The molecule has 42 heavy (non-hydrogen) atoms. The zero-order chi connectivity index (χ0) is 30.2. The standard InChI is InChI=1S/C30H36N6O6/c1-5-34(6-2)29-31-19-24(36(7-3)27(37)25-20(4)14-17-41-25)26(33-29)32-23(28(38)39)18-21-10-12-22(13-11-21)42-30(40)35-15-8-9-16-35/h8,10-15,17,19,23H,5-7,9,16,18H2,1-4H3,(H,38,39)(H,31,32,33)/t23-/m0/s1. The number of nitrogens with one attached hydrogen (secondary N) is 1. The molecule has 0 aliphatic carbocycles. The highest BCUT2D eigenvalue weighted by Gasteiger charge is 2.28. The largest absolute Gasteiger partial charge is 0.480 e. The minimum Gasteiger partial charge on any atom is -0.480 e. The Labute approximate surface area is 244 Å². The van der Waals surface area contributed by atoms with Crippen LogP contribution in [0.4, 0.5) is 22.2 Å². The first-order valence-corrected chi connectivity index (χ1v) is 14.0. The third kappa shape index (κ3) is 6.88. The molecule has 2 N–H and O–H groups in total. The van der Waals surface area contributed by atoms with Gasteiger partial charge in [0.25, 0.3) is 5.91 Å². The number of hydrogen-bond donors (Lipinski definition) is 2. The number of aryl methyl sites for hydroxylation is 1. The van der Waals surface area contributed by atoms with Gasteiger partial charge in [0.2, 0.25) is 5.95 Å². The van der Waals surface area contributed by atoms with Crippen LogP contribution in [0.5, 0.6) is 5.75 Å². The number of aliphatic carboxylic acids is 1. The second-order valence-electron chi connectivity index (χ2n) is 9.68. The van der Waals surface area contributed by atoms with E-state index >= 15 is 0 Å². The van der Waals surface area contributed by atoms with E-state index in [1.54, 1.807) is 50.4 Å². The molecule has 1 atom stereocenters. The average molecular weight is 577 g/mol. The zero-order valence-electron chi connectivity index (χ0n) is 24.2. The lowest BCUT2D eigenvalue weighted by atomic mass is 10.1. The number of carbonyl (C=O) groups excluding carboxylic acids is 2. The number of aromatic nitrogens is 2. The summed E-state index contributed by atoms with van der Waals surface area (Å²) < 4.78 is 10.8. The number of rotatable bonds is 12. The third-order valence-electron chi connectivity index (χ3n) is 6.95. The molecule has 3 aromatic rings. The van der Waals surface area contributed by atoms with Crippen LogP contribution in [0, 0.1) is 6.92 Å². The van der Waals surface area contributed by atoms with Crippen molar-refractivity contribution in [3.05, 3.63) is 72.0 Å². The summed E-state index contributed by atoms with van der Waals surface area (Å²) in [6.45, 7) is 9.66. The second kappa shape index (κ2) is 13.7. The molecule has 1 aliphatic heterocycles. The van der Waals surface area contributed by atoms with E-state index in [2.05, 4.69) is 15.3 Å². The molecule has 0 spiro atoms. The fraction of sp³-hybridized carbons (Fsp3) is 0.367. The fourth-order valence-electron chi connectivity index (χ4n) is 4.56. The van der Waals surface area contributed by atoms with Crippen LogP contribution in [-0.2, 0) is 11.2 Å². The van der Waals surface area contributed by atoms with Gasteiger partial charge in [0.1, 0.15) is 17.5 Å². The topological polar surface area (TPSA) is 141 Å². The van der Waals surface area contributed by atoms with Crippen molar-refractivity contribution < 1.29 is 28.6 Å². The number of benzene rings is 1. The first-order chi connectivity index (χ1) is 20.2. The third-order valence-corrected chi connectivity index (χ3v) is 6.95. The van der Waals surface area contributed by atoms with Crippen LogP contribution in [0.15, 0.2) is 59.5 Å². The quantitative estimate of drug-likeness (QED) is 0.311. The Balaban J connectivity index is 1.60. The molecule has 3 heterocycles. The first kappa shape index (κ1) is 30.1. The summed E-state index contributed by atoms with van der Waals surface area (Å²) >= 11 is 0. The minimum absolute atomic E-state index is 0.0971. The van der Waals surface area contributed by atoms with Gasteiger partial charge >= 0.3 is 12.1 Å². The van der Waals surface area contributed by atoms with Crippen molar-refractivity contribution in [3.8, 4) is 5.75 Å². The molecule has 12 heteroatoms. The molecular weight excluding hydrogens is 540 g/mol. The van der Waals surface area contributed by atoms with E-state index in [-0.39, 0.29) is 30.5 Å². The van der Waals surface area contributed by atoms with Crippen LogP contribution in [-0.4, -0.2) is 70.2 Å². The predicted octanol–water partition coefficient (Wildman–Crippen LogP) is 4.72. The van der Waals surface area contributed by atoms with E-state index in [0.717, 1.165) is 6.42 Å². The van der Waals surface area contributed by atoms with Gasteiger partial charge in [-0.3, -0.25) is 9.69 Å². The predicted molar refractivity (Wildman–Crippen MR) is 158 cm³/mol. The summed E-state index contributed by atoms with van der Waals surface area (Å²) in [6, 6.07) is 7.29. The van der Waals surface area contributed by atoms with Crippen LogP contribution in [0.3, 0.4) is 0 Å². The van der Waals surface area contributed by atoms with E-state index in [9.17, 15) is 19.5 Å². The monoisotopic (exact) mass is 576 g/mol. The van der Waals surface area contributed by atoms with Crippen molar-refractivity contribution in [1.29, 1.82) is 0 Å². The summed E-state index contributed by atoms with van der Waals surface area (Å²) in [6.07, 6.45) is 6.98. The van der Waals surface area contributed by atoms with Crippen molar-refractivity contribution in [2.45, 2.75) is 46.6 Å². The van der Waals surface area contributed by atoms with Crippen LogP contribution in [0.2, 0.25) is 0 Å². The molecule has 0 fully saturated rings. The molecule has 222 valence electrons. The van der Waals surface area contributed by atoms with E-state index in [0.29, 0.717) is 48.1 Å². The summed E-state index contributed by atoms with van der Waals surface area (Å²) in [5.41, 5.74) is 1.71. The molecule has 0 saturated carbocycles. The lowest BCUT2D eigenvalue weighted by Crippen LogP contribution is -2.36. The Morgan fingerprint density at radius 3 is 2.43 bits per heavy atom. The molecule has 1 aliphatic rings. The second-order valence-corrected chi connectivity index (χ2v) is 9.68. The zero-order valence-corrected chi connectivity index (χ0v) is 24.2. The molecule has 1 aromatic carbocycles. The van der Waals surface area contributed by atoms with Crippen LogP contribution >= 0.6 is 0 Å². The first-order valence-electron chi connectivity index (χ1n) is 14.0. The van der Waals surface area contributed by atoms with E-state index in [4.69, 9.17) is 9.15 Å². The van der Waals surface area contributed by atoms with Gasteiger partial charge in [0.05, 0.1) is 12.5 Å².